The van der Waals surface area contributed by atoms with E-state index in [9.17, 15) is 18.0 Å². The molecule has 32 heavy (non-hydrogen) atoms. The van der Waals surface area contributed by atoms with Gasteiger partial charge in [-0.3, -0.25) is 4.79 Å². The number of hydrogen-bond acceptors (Lipinski definition) is 3. The van der Waals surface area contributed by atoms with Crippen LogP contribution in [0.3, 0.4) is 0 Å². The number of amidine groups is 1. The van der Waals surface area contributed by atoms with Crippen molar-refractivity contribution in [2.75, 3.05) is 0 Å². The molecule has 7 heteroatoms. The minimum Gasteiger partial charge on any atom is -0.300 e. The third-order valence-corrected chi connectivity index (χ3v) is 6.05. The van der Waals surface area contributed by atoms with Gasteiger partial charge in [0.2, 0.25) is 0 Å². The molecule has 3 nitrogen and oxygen atoms in total. The van der Waals surface area contributed by atoms with E-state index in [1.54, 1.807) is 0 Å². The van der Waals surface area contributed by atoms with Gasteiger partial charge in [0.05, 0.1) is 16.2 Å². The van der Waals surface area contributed by atoms with Crippen LogP contribution in [0.25, 0.3) is 27.6 Å². The number of carbonyl (C=O) groups excluding carboxylic acids is 1. The monoisotopic (exact) mass is 448 g/mol. The summed E-state index contributed by atoms with van der Waals surface area (Å²) in [5, 5.41) is 7.02. The molecule has 0 radical (unpaired) electrons. The quantitative estimate of drug-likeness (QED) is 0.268. The van der Waals surface area contributed by atoms with E-state index in [2.05, 4.69) is 16.4 Å². The maximum Gasteiger partial charge on any atom is 0.416 e. The van der Waals surface area contributed by atoms with Crippen molar-refractivity contribution in [3.05, 3.63) is 94.9 Å². The number of nitrogens with zero attached hydrogens (tertiary/aromatic N) is 1. The molecule has 0 aromatic heterocycles. The molecule has 1 saturated heterocycles. The van der Waals surface area contributed by atoms with Crippen molar-refractivity contribution in [1.29, 1.82) is 0 Å². The van der Waals surface area contributed by atoms with Crippen LogP contribution in [0.5, 0.6) is 0 Å². The molecular formula is C25H15F3N2OS. The average molecular weight is 448 g/mol. The van der Waals surface area contributed by atoms with E-state index in [0.717, 1.165) is 51.0 Å². The van der Waals surface area contributed by atoms with Gasteiger partial charge in [0, 0.05) is 0 Å². The Balaban J connectivity index is 1.56. The molecule has 1 aliphatic heterocycles. The number of halogens is 3. The van der Waals surface area contributed by atoms with Crippen molar-refractivity contribution in [2.24, 2.45) is 4.99 Å². The first-order valence-electron chi connectivity index (χ1n) is 9.76. The third-order valence-electron chi connectivity index (χ3n) is 5.14. The standard InChI is InChI=1S/C25H15F3N2OS/c26-25(27,28)17-8-5-9-18(13-17)29-24-30-23(31)22(32-24)14-21-19-10-3-1-6-15(19)12-16-7-2-4-11-20(16)21/h1-14H,(H,29,30,31)/b22-14+. The average Bonchev–Trinajstić information content (AvgIpc) is 3.11. The fourth-order valence-electron chi connectivity index (χ4n) is 3.69. The number of alkyl halides is 3. The van der Waals surface area contributed by atoms with Crippen LogP contribution in [0.15, 0.2) is 88.8 Å². The highest BCUT2D eigenvalue weighted by Crippen LogP contribution is 2.35. The minimum atomic E-state index is -4.46. The molecule has 0 bridgehead atoms. The van der Waals surface area contributed by atoms with Crippen LogP contribution in [-0.4, -0.2) is 11.1 Å². The van der Waals surface area contributed by atoms with Gasteiger partial charge in [-0.05, 0) is 69.2 Å². The Kier molecular flexibility index (Phi) is 4.98. The van der Waals surface area contributed by atoms with Gasteiger partial charge in [0.1, 0.15) is 0 Å². The lowest BCUT2D eigenvalue weighted by Crippen LogP contribution is -2.19. The predicted molar refractivity (Wildman–Crippen MR) is 124 cm³/mol. The van der Waals surface area contributed by atoms with Crippen molar-refractivity contribution >= 4 is 56.1 Å². The molecule has 1 N–H and O–H groups in total. The maximum absolute atomic E-state index is 13.0. The van der Waals surface area contributed by atoms with E-state index in [1.807, 2.05) is 54.6 Å². The zero-order valence-corrected chi connectivity index (χ0v) is 17.3. The largest absolute Gasteiger partial charge is 0.416 e. The Morgan fingerprint density at radius 2 is 1.50 bits per heavy atom. The van der Waals surface area contributed by atoms with Gasteiger partial charge >= 0.3 is 6.18 Å². The number of nitrogens with one attached hydrogen (secondary N) is 1. The second-order valence-electron chi connectivity index (χ2n) is 7.26. The lowest BCUT2D eigenvalue weighted by Gasteiger charge is -2.08. The highest BCUT2D eigenvalue weighted by molar-refractivity contribution is 8.18. The Hall–Kier alpha value is -3.58. The van der Waals surface area contributed by atoms with Crippen LogP contribution >= 0.6 is 11.8 Å². The van der Waals surface area contributed by atoms with Crippen LogP contribution in [0.2, 0.25) is 0 Å². The number of hydrogen-bond donors (Lipinski definition) is 1. The summed E-state index contributed by atoms with van der Waals surface area (Å²) < 4.78 is 38.9. The van der Waals surface area contributed by atoms with Crippen molar-refractivity contribution in [2.45, 2.75) is 6.18 Å². The molecule has 0 saturated carbocycles. The zero-order valence-electron chi connectivity index (χ0n) is 16.5. The Morgan fingerprint density at radius 3 is 2.16 bits per heavy atom. The zero-order chi connectivity index (χ0) is 22.3. The van der Waals surface area contributed by atoms with Crippen molar-refractivity contribution < 1.29 is 18.0 Å². The van der Waals surface area contributed by atoms with Crippen LogP contribution < -0.4 is 5.32 Å². The summed E-state index contributed by atoms with van der Waals surface area (Å²) in [6.45, 7) is 0. The van der Waals surface area contributed by atoms with E-state index >= 15 is 0 Å². The third kappa shape index (κ3) is 3.87. The predicted octanol–water partition coefficient (Wildman–Crippen LogP) is 6.90. The van der Waals surface area contributed by atoms with Gasteiger partial charge in [-0.15, -0.1) is 0 Å². The SMILES string of the molecule is O=C1NC(=Nc2cccc(C(F)(F)F)c2)S/C1=C/c1c2ccccc2cc2ccccc12. The first kappa shape index (κ1) is 20.3. The number of carbonyl (C=O) groups is 1. The number of thioether (sulfide) groups is 1. The molecule has 1 heterocycles. The molecule has 158 valence electrons. The van der Waals surface area contributed by atoms with E-state index in [-0.39, 0.29) is 16.8 Å². The lowest BCUT2D eigenvalue weighted by molar-refractivity contribution is -0.137. The number of aliphatic imine (C=N–C) groups is 1. The van der Waals surface area contributed by atoms with Crippen molar-refractivity contribution in [1.82, 2.24) is 5.32 Å². The summed E-state index contributed by atoms with van der Waals surface area (Å²) in [5.41, 5.74) is 0.253. The normalized spacial score (nSPS) is 16.9. The molecule has 0 aliphatic carbocycles. The highest BCUT2D eigenvalue weighted by atomic mass is 32.2. The molecule has 0 atom stereocenters. The van der Waals surface area contributed by atoms with Gasteiger partial charge in [0.25, 0.3) is 5.91 Å². The summed E-state index contributed by atoms with van der Waals surface area (Å²) in [6.07, 6.45) is -2.64. The van der Waals surface area contributed by atoms with E-state index in [0.29, 0.717) is 4.91 Å². The smallest absolute Gasteiger partial charge is 0.300 e. The molecule has 5 rings (SSSR count). The topological polar surface area (TPSA) is 41.5 Å². The van der Waals surface area contributed by atoms with Crippen LogP contribution in [0, 0.1) is 0 Å². The summed E-state index contributed by atoms with van der Waals surface area (Å²) >= 11 is 1.11. The maximum atomic E-state index is 13.0. The summed E-state index contributed by atoms with van der Waals surface area (Å²) in [4.78, 5) is 17.3. The van der Waals surface area contributed by atoms with E-state index in [4.69, 9.17) is 0 Å². The van der Waals surface area contributed by atoms with E-state index < -0.39 is 11.7 Å². The molecule has 1 fully saturated rings. The molecule has 0 spiro atoms. The summed E-state index contributed by atoms with van der Waals surface area (Å²) in [7, 11) is 0. The molecule has 4 aromatic rings. The number of amides is 1. The fraction of sp³-hybridized carbons (Fsp3) is 0.0400. The van der Waals surface area contributed by atoms with Crippen molar-refractivity contribution in [3.63, 3.8) is 0 Å². The number of fused-ring (bicyclic) bond motifs is 2. The molecular weight excluding hydrogens is 433 g/mol. The second kappa shape index (κ2) is 7.84. The first-order chi connectivity index (χ1) is 15.4. The molecule has 0 unspecified atom stereocenters. The molecule has 1 amide bonds. The Bertz CT molecular complexity index is 1390. The number of rotatable bonds is 2. The van der Waals surface area contributed by atoms with E-state index in [1.165, 1.54) is 12.1 Å². The minimum absolute atomic E-state index is 0.125. The van der Waals surface area contributed by atoms with Gasteiger partial charge in [0.15, 0.2) is 5.17 Å². The highest BCUT2D eigenvalue weighted by Gasteiger charge is 2.30. The van der Waals surface area contributed by atoms with Crippen LogP contribution in [0.4, 0.5) is 18.9 Å². The van der Waals surface area contributed by atoms with Crippen LogP contribution in [-0.2, 0) is 11.0 Å². The summed E-state index contributed by atoms with van der Waals surface area (Å²) in [6, 6.07) is 22.7. The van der Waals surface area contributed by atoms with Crippen LogP contribution in [0.1, 0.15) is 11.1 Å². The van der Waals surface area contributed by atoms with Gasteiger partial charge in [-0.1, -0.05) is 54.6 Å². The lowest BCUT2D eigenvalue weighted by atomic mass is 9.96. The summed E-state index contributed by atoms with van der Waals surface area (Å²) in [5.74, 6) is -0.335. The molecule has 4 aromatic carbocycles. The van der Waals surface area contributed by atoms with Crippen molar-refractivity contribution in [3.8, 4) is 0 Å². The first-order valence-corrected chi connectivity index (χ1v) is 10.6. The number of benzene rings is 4. The van der Waals surface area contributed by atoms with Gasteiger partial charge in [-0.25, -0.2) is 4.99 Å². The van der Waals surface area contributed by atoms with Gasteiger partial charge < -0.3 is 5.32 Å². The molecule has 1 aliphatic rings. The Labute approximate surface area is 185 Å². The Morgan fingerprint density at radius 1 is 0.844 bits per heavy atom. The fourth-order valence-corrected chi connectivity index (χ4v) is 4.51. The van der Waals surface area contributed by atoms with Gasteiger partial charge in [-0.2, -0.15) is 13.2 Å². The second-order valence-corrected chi connectivity index (χ2v) is 8.29.